The van der Waals surface area contributed by atoms with E-state index in [1.807, 2.05) is 19.3 Å². The van der Waals surface area contributed by atoms with Crippen LogP contribution in [0.25, 0.3) is 0 Å². The van der Waals surface area contributed by atoms with Crippen LogP contribution < -0.4 is 5.32 Å². The van der Waals surface area contributed by atoms with E-state index in [1.165, 1.54) is 6.33 Å². The van der Waals surface area contributed by atoms with Crippen LogP contribution in [0, 0.1) is 0 Å². The van der Waals surface area contributed by atoms with Gasteiger partial charge in [0, 0.05) is 18.8 Å². The second-order valence-electron chi connectivity index (χ2n) is 4.42. The minimum Gasteiger partial charge on any atom is -0.364 e. The first-order valence-electron chi connectivity index (χ1n) is 5.80. The Balaban J connectivity index is 2.16. The van der Waals surface area contributed by atoms with Crippen LogP contribution in [0.2, 0.25) is 5.15 Å². The minimum absolute atomic E-state index is 0.268. The molecule has 0 aromatic carbocycles. The highest BCUT2D eigenvalue weighted by atomic mass is 35.5. The molecule has 2 aromatic heterocycles. The fourth-order valence-electron chi connectivity index (χ4n) is 1.76. The number of aromatic nitrogens is 4. The van der Waals surface area contributed by atoms with Crippen molar-refractivity contribution >= 4 is 17.4 Å². The van der Waals surface area contributed by atoms with E-state index in [4.69, 9.17) is 11.6 Å². The van der Waals surface area contributed by atoms with Gasteiger partial charge in [-0.25, -0.2) is 9.97 Å². The van der Waals surface area contributed by atoms with Gasteiger partial charge >= 0.3 is 0 Å². The van der Waals surface area contributed by atoms with E-state index in [1.54, 1.807) is 4.68 Å². The Hall–Kier alpha value is -1.62. The second-order valence-corrected chi connectivity index (χ2v) is 4.77. The molecular formula is C12H16ClN5. The molecule has 0 unspecified atom stereocenters. The molecule has 2 rings (SSSR count). The number of nitrogens with zero attached hydrogens (tertiary/aromatic N) is 4. The molecular weight excluding hydrogens is 250 g/mol. The lowest BCUT2D eigenvalue weighted by Gasteiger charge is -2.13. The summed E-state index contributed by atoms with van der Waals surface area (Å²) in [6, 6.07) is 1.96. The number of aryl methyl sites for hydroxylation is 1. The maximum absolute atomic E-state index is 6.10. The highest BCUT2D eigenvalue weighted by molar-refractivity contribution is 6.30. The maximum Gasteiger partial charge on any atom is 0.138 e. The summed E-state index contributed by atoms with van der Waals surface area (Å²) in [6.07, 6.45) is 3.38. The summed E-state index contributed by atoms with van der Waals surface area (Å²) in [5.41, 5.74) is 1.90. The van der Waals surface area contributed by atoms with E-state index in [0.29, 0.717) is 11.7 Å². The third-order valence-electron chi connectivity index (χ3n) is 2.62. The van der Waals surface area contributed by atoms with Gasteiger partial charge in [-0.15, -0.1) is 0 Å². The fourth-order valence-corrected chi connectivity index (χ4v) is 2.11. The van der Waals surface area contributed by atoms with Gasteiger partial charge in [0.1, 0.15) is 17.3 Å². The molecule has 96 valence electrons. The predicted molar refractivity (Wildman–Crippen MR) is 71.7 cm³/mol. The van der Waals surface area contributed by atoms with Gasteiger partial charge in [-0.1, -0.05) is 25.4 Å². The first kappa shape index (κ1) is 12.8. The molecule has 0 radical (unpaired) electrons. The predicted octanol–water partition coefficient (Wildman–Crippen LogP) is 2.60. The molecule has 0 amide bonds. The van der Waals surface area contributed by atoms with Crippen molar-refractivity contribution in [3.05, 3.63) is 35.0 Å². The second kappa shape index (κ2) is 5.35. The number of halogens is 1. The number of hydrogen-bond acceptors (Lipinski definition) is 4. The molecule has 2 aromatic rings. The van der Waals surface area contributed by atoms with Gasteiger partial charge in [0.15, 0.2) is 0 Å². The smallest absolute Gasteiger partial charge is 0.138 e. The van der Waals surface area contributed by atoms with E-state index < -0.39 is 0 Å². The van der Waals surface area contributed by atoms with Crippen molar-refractivity contribution in [1.82, 2.24) is 19.7 Å². The van der Waals surface area contributed by atoms with Crippen LogP contribution >= 0.6 is 11.6 Å². The molecule has 0 aliphatic carbocycles. The Bertz CT molecular complexity index is 535. The van der Waals surface area contributed by atoms with E-state index >= 15 is 0 Å². The largest absolute Gasteiger partial charge is 0.364 e. The number of rotatable bonds is 4. The Kier molecular flexibility index (Phi) is 3.81. The van der Waals surface area contributed by atoms with Crippen molar-refractivity contribution in [1.29, 1.82) is 0 Å². The average Bonchev–Trinajstić information content (AvgIpc) is 2.72. The average molecular weight is 266 g/mol. The van der Waals surface area contributed by atoms with Crippen molar-refractivity contribution in [2.24, 2.45) is 7.05 Å². The Labute approximate surface area is 111 Å². The van der Waals surface area contributed by atoms with Crippen molar-refractivity contribution in [2.75, 3.05) is 5.32 Å². The van der Waals surface area contributed by atoms with Crippen LogP contribution in [-0.4, -0.2) is 19.7 Å². The van der Waals surface area contributed by atoms with Crippen molar-refractivity contribution < 1.29 is 0 Å². The molecule has 2 heterocycles. The lowest BCUT2D eigenvalue weighted by molar-refractivity contribution is 0.746. The van der Waals surface area contributed by atoms with E-state index in [9.17, 15) is 0 Å². The normalized spacial score (nSPS) is 10.9. The van der Waals surface area contributed by atoms with Gasteiger partial charge in [0.25, 0.3) is 0 Å². The SMILES string of the molecule is CC(C)c1c(Cl)ncnc1NCc1ccn(C)n1. The summed E-state index contributed by atoms with van der Waals surface area (Å²) in [5, 5.41) is 8.06. The molecule has 18 heavy (non-hydrogen) atoms. The lowest BCUT2D eigenvalue weighted by Crippen LogP contribution is -2.07. The van der Waals surface area contributed by atoms with E-state index in [-0.39, 0.29) is 5.92 Å². The summed E-state index contributed by atoms with van der Waals surface area (Å²) in [4.78, 5) is 8.26. The first-order valence-corrected chi connectivity index (χ1v) is 6.18. The third-order valence-corrected chi connectivity index (χ3v) is 2.92. The van der Waals surface area contributed by atoms with Crippen LogP contribution in [0.4, 0.5) is 5.82 Å². The Morgan fingerprint density at radius 2 is 2.17 bits per heavy atom. The van der Waals surface area contributed by atoms with Gasteiger partial charge in [0.05, 0.1) is 12.2 Å². The van der Waals surface area contributed by atoms with Gasteiger partial charge in [-0.3, -0.25) is 4.68 Å². The van der Waals surface area contributed by atoms with Crippen molar-refractivity contribution in [3.8, 4) is 0 Å². The molecule has 0 aliphatic rings. The summed E-state index contributed by atoms with van der Waals surface area (Å²) in [5.74, 6) is 1.04. The van der Waals surface area contributed by atoms with E-state index in [0.717, 1.165) is 17.1 Å². The minimum atomic E-state index is 0.268. The highest BCUT2D eigenvalue weighted by Crippen LogP contribution is 2.27. The van der Waals surface area contributed by atoms with Gasteiger partial charge in [0.2, 0.25) is 0 Å². The Morgan fingerprint density at radius 3 is 2.78 bits per heavy atom. The monoisotopic (exact) mass is 265 g/mol. The molecule has 0 bridgehead atoms. The van der Waals surface area contributed by atoms with Gasteiger partial charge in [-0.2, -0.15) is 5.10 Å². The topological polar surface area (TPSA) is 55.6 Å². The van der Waals surface area contributed by atoms with Crippen LogP contribution in [-0.2, 0) is 13.6 Å². The molecule has 0 spiro atoms. The number of hydrogen-bond donors (Lipinski definition) is 1. The molecule has 1 N–H and O–H groups in total. The van der Waals surface area contributed by atoms with Crippen LogP contribution in [0.15, 0.2) is 18.6 Å². The Morgan fingerprint density at radius 1 is 1.39 bits per heavy atom. The molecule has 0 aliphatic heterocycles. The highest BCUT2D eigenvalue weighted by Gasteiger charge is 2.13. The summed E-state index contributed by atoms with van der Waals surface area (Å²) in [7, 11) is 1.89. The van der Waals surface area contributed by atoms with Gasteiger partial charge < -0.3 is 5.32 Å². The molecule has 0 atom stereocenters. The first-order chi connectivity index (χ1) is 8.58. The summed E-state index contributed by atoms with van der Waals surface area (Å²) < 4.78 is 1.77. The maximum atomic E-state index is 6.10. The zero-order chi connectivity index (χ0) is 13.1. The van der Waals surface area contributed by atoms with Crippen LogP contribution in [0.3, 0.4) is 0 Å². The third kappa shape index (κ3) is 2.79. The standard InChI is InChI=1S/C12H16ClN5/c1-8(2)10-11(13)15-7-16-12(10)14-6-9-4-5-18(3)17-9/h4-5,7-8H,6H2,1-3H3,(H,14,15,16). The van der Waals surface area contributed by atoms with Crippen molar-refractivity contribution in [3.63, 3.8) is 0 Å². The fraction of sp³-hybridized carbons (Fsp3) is 0.417. The van der Waals surface area contributed by atoms with Gasteiger partial charge in [-0.05, 0) is 12.0 Å². The molecule has 0 saturated carbocycles. The quantitative estimate of drug-likeness (QED) is 0.864. The number of nitrogens with one attached hydrogen (secondary N) is 1. The van der Waals surface area contributed by atoms with E-state index in [2.05, 4.69) is 34.2 Å². The van der Waals surface area contributed by atoms with Crippen LogP contribution in [0.1, 0.15) is 31.0 Å². The number of anilines is 1. The van der Waals surface area contributed by atoms with Crippen molar-refractivity contribution in [2.45, 2.75) is 26.3 Å². The van der Waals surface area contributed by atoms with Crippen LogP contribution in [0.5, 0.6) is 0 Å². The zero-order valence-corrected chi connectivity index (χ0v) is 11.4. The lowest BCUT2D eigenvalue weighted by atomic mass is 10.1. The summed E-state index contributed by atoms with van der Waals surface area (Å²) in [6.45, 7) is 4.75. The molecule has 0 fully saturated rings. The zero-order valence-electron chi connectivity index (χ0n) is 10.7. The molecule has 5 nitrogen and oxygen atoms in total. The summed E-state index contributed by atoms with van der Waals surface area (Å²) >= 11 is 6.10. The molecule has 6 heteroatoms. The molecule has 0 saturated heterocycles.